The Morgan fingerprint density at radius 3 is 2.65 bits per heavy atom. The molecule has 0 amide bonds. The molecule has 20 heavy (non-hydrogen) atoms. The van der Waals surface area contributed by atoms with Crippen LogP contribution in [0.4, 0.5) is 0 Å². The number of aryl methyl sites for hydroxylation is 1. The lowest BCUT2D eigenvalue weighted by atomic mass is 10.2. The number of hydrogen-bond acceptors (Lipinski definition) is 6. The van der Waals surface area contributed by atoms with Crippen LogP contribution in [0.5, 0.6) is 11.5 Å². The lowest BCUT2D eigenvalue weighted by molar-refractivity contribution is 0.402. The van der Waals surface area contributed by atoms with Gasteiger partial charge in [0, 0.05) is 11.8 Å². The standard InChI is InChI=1S/C14H11N3O3/c1-8-4-5-15-10(6-8)13-16-14(20-17-13)9-2-3-11(18)12(19)7-9/h2-7,18-19H,1H3. The summed E-state index contributed by atoms with van der Waals surface area (Å²) in [7, 11) is 0. The smallest absolute Gasteiger partial charge is 0.258 e. The van der Waals surface area contributed by atoms with Gasteiger partial charge in [0.05, 0.1) is 0 Å². The Kier molecular flexibility index (Phi) is 2.83. The Morgan fingerprint density at radius 1 is 1.05 bits per heavy atom. The molecule has 0 radical (unpaired) electrons. The molecule has 2 heterocycles. The van der Waals surface area contributed by atoms with Crippen LogP contribution in [0.15, 0.2) is 41.1 Å². The average Bonchev–Trinajstić information content (AvgIpc) is 2.92. The highest BCUT2D eigenvalue weighted by Gasteiger charge is 2.13. The van der Waals surface area contributed by atoms with Gasteiger partial charge in [0.25, 0.3) is 5.89 Å². The topological polar surface area (TPSA) is 92.3 Å². The molecule has 2 N–H and O–H groups in total. The first kappa shape index (κ1) is 12.2. The van der Waals surface area contributed by atoms with E-state index in [9.17, 15) is 10.2 Å². The lowest BCUT2D eigenvalue weighted by Gasteiger charge is -1.98. The highest BCUT2D eigenvalue weighted by molar-refractivity contribution is 5.61. The summed E-state index contributed by atoms with van der Waals surface area (Å²) in [6.45, 7) is 1.95. The minimum Gasteiger partial charge on any atom is -0.504 e. The summed E-state index contributed by atoms with van der Waals surface area (Å²) in [6.07, 6.45) is 1.67. The van der Waals surface area contributed by atoms with Gasteiger partial charge in [-0.1, -0.05) is 5.16 Å². The third-order valence-electron chi connectivity index (χ3n) is 2.79. The summed E-state index contributed by atoms with van der Waals surface area (Å²) < 4.78 is 5.15. The molecule has 0 spiro atoms. The van der Waals surface area contributed by atoms with Crippen molar-refractivity contribution in [1.82, 2.24) is 15.1 Å². The zero-order valence-corrected chi connectivity index (χ0v) is 10.6. The molecule has 3 aromatic rings. The summed E-state index contributed by atoms with van der Waals surface area (Å²) in [5.41, 5.74) is 2.18. The molecule has 0 saturated carbocycles. The van der Waals surface area contributed by atoms with Crippen LogP contribution in [0.1, 0.15) is 5.56 Å². The summed E-state index contributed by atoms with van der Waals surface area (Å²) in [6, 6.07) is 8.03. The maximum atomic E-state index is 9.47. The van der Waals surface area contributed by atoms with Crippen LogP contribution in [0, 0.1) is 6.92 Å². The van der Waals surface area contributed by atoms with Crippen molar-refractivity contribution in [3.05, 3.63) is 42.1 Å². The second kappa shape index (κ2) is 4.65. The molecule has 0 bridgehead atoms. The Hall–Kier alpha value is -2.89. The first-order valence-electron chi connectivity index (χ1n) is 5.92. The number of nitrogens with zero attached hydrogens (tertiary/aromatic N) is 3. The van der Waals surface area contributed by atoms with Crippen molar-refractivity contribution < 1.29 is 14.7 Å². The highest BCUT2D eigenvalue weighted by Crippen LogP contribution is 2.30. The van der Waals surface area contributed by atoms with Gasteiger partial charge in [0.2, 0.25) is 5.82 Å². The highest BCUT2D eigenvalue weighted by atomic mass is 16.5. The minimum atomic E-state index is -0.240. The molecule has 0 atom stereocenters. The average molecular weight is 269 g/mol. The molecule has 0 aliphatic carbocycles. The zero-order chi connectivity index (χ0) is 14.1. The number of phenols is 2. The third-order valence-corrected chi connectivity index (χ3v) is 2.79. The van der Waals surface area contributed by atoms with E-state index < -0.39 is 0 Å². The normalized spacial score (nSPS) is 10.7. The Labute approximate surface area is 114 Å². The zero-order valence-electron chi connectivity index (χ0n) is 10.6. The first-order valence-corrected chi connectivity index (χ1v) is 5.92. The van der Waals surface area contributed by atoms with Crippen molar-refractivity contribution in [3.63, 3.8) is 0 Å². The fraction of sp³-hybridized carbons (Fsp3) is 0.0714. The van der Waals surface area contributed by atoms with Gasteiger partial charge in [0.1, 0.15) is 5.69 Å². The van der Waals surface area contributed by atoms with E-state index in [0.29, 0.717) is 17.1 Å². The molecular formula is C14H11N3O3. The quantitative estimate of drug-likeness (QED) is 0.694. The fourth-order valence-electron chi connectivity index (χ4n) is 1.76. The maximum Gasteiger partial charge on any atom is 0.258 e. The number of benzene rings is 1. The second-order valence-electron chi connectivity index (χ2n) is 4.35. The number of aromatic nitrogens is 3. The van der Waals surface area contributed by atoms with Gasteiger partial charge in [-0.3, -0.25) is 4.98 Å². The molecule has 1 aromatic carbocycles. The number of aromatic hydroxyl groups is 2. The van der Waals surface area contributed by atoms with Gasteiger partial charge < -0.3 is 14.7 Å². The van der Waals surface area contributed by atoms with Crippen molar-refractivity contribution in [2.24, 2.45) is 0 Å². The van der Waals surface area contributed by atoms with E-state index in [0.717, 1.165) is 5.56 Å². The van der Waals surface area contributed by atoms with E-state index in [1.54, 1.807) is 12.3 Å². The van der Waals surface area contributed by atoms with Crippen LogP contribution in [-0.2, 0) is 0 Å². The summed E-state index contributed by atoms with van der Waals surface area (Å²) in [4.78, 5) is 8.40. The lowest BCUT2D eigenvalue weighted by Crippen LogP contribution is -1.86. The summed E-state index contributed by atoms with van der Waals surface area (Å²) >= 11 is 0. The van der Waals surface area contributed by atoms with E-state index in [4.69, 9.17) is 4.52 Å². The van der Waals surface area contributed by atoms with Crippen LogP contribution in [0.2, 0.25) is 0 Å². The fourth-order valence-corrected chi connectivity index (χ4v) is 1.76. The molecule has 0 aliphatic rings. The van der Waals surface area contributed by atoms with E-state index in [-0.39, 0.29) is 17.4 Å². The minimum absolute atomic E-state index is 0.200. The Bertz CT molecular complexity index is 768. The molecule has 2 aromatic heterocycles. The number of pyridine rings is 1. The first-order chi connectivity index (χ1) is 9.63. The van der Waals surface area contributed by atoms with E-state index >= 15 is 0 Å². The van der Waals surface area contributed by atoms with E-state index in [2.05, 4.69) is 15.1 Å². The molecule has 6 heteroatoms. The molecule has 6 nitrogen and oxygen atoms in total. The van der Waals surface area contributed by atoms with Crippen molar-refractivity contribution in [1.29, 1.82) is 0 Å². The van der Waals surface area contributed by atoms with Gasteiger partial charge in [0.15, 0.2) is 11.5 Å². The number of phenolic OH excluding ortho intramolecular Hbond substituents is 2. The Balaban J connectivity index is 1.99. The second-order valence-corrected chi connectivity index (χ2v) is 4.35. The largest absolute Gasteiger partial charge is 0.504 e. The predicted octanol–water partition coefficient (Wildman–Crippen LogP) is 2.52. The molecule has 3 rings (SSSR count). The van der Waals surface area contributed by atoms with Crippen molar-refractivity contribution in [3.8, 4) is 34.5 Å². The predicted molar refractivity (Wildman–Crippen MR) is 71.0 cm³/mol. The van der Waals surface area contributed by atoms with E-state index in [1.807, 2.05) is 19.1 Å². The van der Waals surface area contributed by atoms with Crippen LogP contribution < -0.4 is 0 Å². The molecule has 0 saturated heterocycles. The van der Waals surface area contributed by atoms with Crippen LogP contribution in [-0.4, -0.2) is 25.3 Å². The summed E-state index contributed by atoms with van der Waals surface area (Å²) in [5, 5.41) is 22.6. The van der Waals surface area contributed by atoms with Crippen LogP contribution in [0.25, 0.3) is 23.0 Å². The maximum absolute atomic E-state index is 9.47. The summed E-state index contributed by atoms with van der Waals surface area (Å²) in [5.74, 6) is 0.180. The molecule has 0 unspecified atom stereocenters. The molecular weight excluding hydrogens is 258 g/mol. The molecule has 0 fully saturated rings. The van der Waals surface area contributed by atoms with Gasteiger partial charge in [-0.25, -0.2) is 0 Å². The van der Waals surface area contributed by atoms with Crippen LogP contribution >= 0.6 is 0 Å². The monoisotopic (exact) mass is 269 g/mol. The van der Waals surface area contributed by atoms with E-state index in [1.165, 1.54) is 12.1 Å². The molecule has 100 valence electrons. The van der Waals surface area contributed by atoms with Gasteiger partial charge in [-0.15, -0.1) is 0 Å². The van der Waals surface area contributed by atoms with Crippen molar-refractivity contribution in [2.75, 3.05) is 0 Å². The molecule has 0 aliphatic heterocycles. The van der Waals surface area contributed by atoms with Crippen molar-refractivity contribution in [2.45, 2.75) is 6.92 Å². The van der Waals surface area contributed by atoms with Gasteiger partial charge in [-0.2, -0.15) is 4.98 Å². The number of rotatable bonds is 2. The van der Waals surface area contributed by atoms with Gasteiger partial charge >= 0.3 is 0 Å². The third kappa shape index (κ3) is 2.18. The SMILES string of the molecule is Cc1ccnc(-c2noc(-c3ccc(O)c(O)c3)n2)c1. The Morgan fingerprint density at radius 2 is 1.90 bits per heavy atom. The van der Waals surface area contributed by atoms with Crippen LogP contribution in [0.3, 0.4) is 0 Å². The van der Waals surface area contributed by atoms with Crippen molar-refractivity contribution >= 4 is 0 Å². The van der Waals surface area contributed by atoms with Gasteiger partial charge in [-0.05, 0) is 42.8 Å². The number of hydrogen-bond donors (Lipinski definition) is 2.